The van der Waals surface area contributed by atoms with Gasteiger partial charge in [-0.25, -0.2) is 0 Å². The molecule has 0 aliphatic rings. The molecule has 3 nitrogen and oxygen atoms in total. The van der Waals surface area contributed by atoms with E-state index >= 15 is 0 Å². The van der Waals surface area contributed by atoms with E-state index in [9.17, 15) is 21.2 Å². The van der Waals surface area contributed by atoms with Crippen molar-refractivity contribution in [1.82, 2.24) is 0 Å². The number of hydrogen-bond acceptors (Lipinski definition) is 3. The molecule has 0 unspecified atom stereocenters. The third-order valence-electron chi connectivity index (χ3n) is 0. The summed E-state index contributed by atoms with van der Waals surface area (Å²) in [5.74, 6) is 0. The minimum absolute atomic E-state index is 0. The Kier molecular flexibility index (Phi) is 0.838. The second-order valence-electron chi connectivity index (χ2n) is 3.01. The van der Waals surface area contributed by atoms with Crippen molar-refractivity contribution >= 4 is 0 Å². The molecule has 12 heavy (non-hydrogen) atoms. The molecule has 0 bridgehead atoms. The van der Waals surface area contributed by atoms with Crippen LogP contribution in [0.1, 0.15) is 0 Å². The van der Waals surface area contributed by atoms with E-state index < -0.39 is 13.4 Å². The standard InChI is InChI=1S/7FH.Na.3O.Ta/h7*1H;;;;;/q;;;;;;;+1;;;-1;+7/p-7. The Morgan fingerprint density at radius 1 is 0.750 bits per heavy atom. The van der Waals surface area contributed by atoms with Gasteiger partial charge in [-0.1, -0.05) is 0 Å². The molecule has 0 aliphatic carbocycles. The van der Waals surface area contributed by atoms with Gasteiger partial charge in [-0.05, 0) is 0 Å². The fourth-order valence-corrected chi connectivity index (χ4v) is 0. The predicted molar refractivity (Wildman–Crippen MR) is 9.13 cm³/mol. The van der Waals surface area contributed by atoms with Crippen LogP contribution in [-0.2, 0) is 19.9 Å². The van der Waals surface area contributed by atoms with E-state index in [0.717, 1.165) is 0 Å². The molecule has 0 aromatic carbocycles. The Hall–Kier alpha value is 0.810. The Morgan fingerprint density at radius 2 is 0.750 bits per heavy atom. The Labute approximate surface area is 73.9 Å². The van der Waals surface area contributed by atoms with Crippen molar-refractivity contribution in [3.8, 4) is 0 Å². The molecule has 0 aromatic rings. The van der Waals surface area contributed by atoms with Gasteiger partial charge < -0.3 is 0 Å². The van der Waals surface area contributed by atoms with E-state index in [1.165, 1.54) is 0 Å². The first kappa shape index (κ1) is 15.3. The van der Waals surface area contributed by atoms with Crippen molar-refractivity contribution in [2.45, 2.75) is 0 Å². The molecule has 0 heterocycles. The molecule has 0 aromatic heterocycles. The van der Waals surface area contributed by atoms with Crippen molar-refractivity contribution in [3.63, 3.8) is 0 Å². The van der Waals surface area contributed by atoms with E-state index in [-0.39, 0.29) is 29.6 Å². The quantitative estimate of drug-likeness (QED) is 0.378. The van der Waals surface area contributed by atoms with Crippen molar-refractivity contribution in [3.05, 3.63) is 0 Å². The van der Waals surface area contributed by atoms with E-state index in [4.69, 9.17) is 10.1 Å². The fourth-order valence-electron chi connectivity index (χ4n) is 0. The van der Waals surface area contributed by atoms with Crippen LogP contribution >= 0.6 is 0 Å². The van der Waals surface area contributed by atoms with Gasteiger partial charge in [0.25, 0.3) is 0 Å². The Balaban J connectivity index is 0. The average molecular weight is 385 g/mol. The van der Waals surface area contributed by atoms with Crippen molar-refractivity contribution in [1.29, 1.82) is 0 Å². The van der Waals surface area contributed by atoms with Crippen LogP contribution < -0.4 is 33.2 Å². The van der Waals surface area contributed by atoms with Crippen LogP contribution in [-0.4, -0.2) is 0 Å². The second-order valence-corrected chi connectivity index (χ2v) is 24.7. The van der Waals surface area contributed by atoms with Crippen LogP contribution in [0.4, 0.5) is 21.2 Å². The number of halogens is 7. The maximum atomic E-state index is 10.3. The van der Waals surface area contributed by atoms with Crippen LogP contribution in [0.25, 0.3) is 0 Å². The first-order valence-corrected chi connectivity index (χ1v) is 14.2. The van der Waals surface area contributed by atoms with E-state index in [1.807, 2.05) is 0 Å². The molecule has 0 saturated carbocycles. The number of rotatable bonds is 0. The van der Waals surface area contributed by atoms with Gasteiger partial charge >= 0.3 is 74.3 Å². The monoisotopic (exact) mass is 385 g/mol. The van der Waals surface area contributed by atoms with Crippen LogP contribution in [0, 0.1) is 0 Å². The molecule has 0 spiro atoms. The normalized spacial score (nSPS) is 35.7. The molecule has 0 atom stereocenters. The van der Waals surface area contributed by atoms with Gasteiger partial charge in [0.1, 0.15) is 0 Å². The van der Waals surface area contributed by atoms with Gasteiger partial charge in [-0.3, -0.25) is 0 Å². The zero-order valence-corrected chi connectivity index (χ0v) is 10.5. The van der Waals surface area contributed by atoms with Crippen LogP contribution in [0.2, 0.25) is 0 Å². The van der Waals surface area contributed by atoms with Crippen LogP contribution in [0.3, 0.4) is 0 Å². The van der Waals surface area contributed by atoms with Crippen molar-refractivity contribution in [2.24, 2.45) is 0 Å². The van der Waals surface area contributed by atoms with Crippen molar-refractivity contribution < 1.29 is 74.3 Å². The molecular weight excluding hydrogens is 385 g/mol. The summed E-state index contributed by atoms with van der Waals surface area (Å²) in [7, 11) is 0. The number of hydrogen-bond donors (Lipinski definition) is 0. The third-order valence-corrected chi connectivity index (χ3v) is 0. The SMILES string of the molecule is [Na+].[O]=[Ta](=[O])([O-])([F])([F])([F])([F])([F])([F])[F]. The van der Waals surface area contributed by atoms with Gasteiger partial charge in [-0.15, -0.1) is 0 Å². The summed E-state index contributed by atoms with van der Waals surface area (Å²) in [6.45, 7) is 0. The zero-order chi connectivity index (χ0) is 10.3. The molecule has 0 rings (SSSR count). The summed E-state index contributed by atoms with van der Waals surface area (Å²) >= 11 is -18.7. The molecule has 0 radical (unpaired) electrons. The molecular formula is F7NaO3Ta. The van der Waals surface area contributed by atoms with Gasteiger partial charge in [0.05, 0.1) is 0 Å². The molecule has 12 heteroatoms. The minimum atomic E-state index is -18.7. The third kappa shape index (κ3) is 1580. The Bertz CT molecular complexity index is 512. The van der Waals surface area contributed by atoms with E-state index in [2.05, 4.69) is 0 Å². The fraction of sp³-hybridized carbons (Fsp3) is 0. The van der Waals surface area contributed by atoms with Crippen LogP contribution in [0.5, 0.6) is 0 Å². The van der Waals surface area contributed by atoms with Gasteiger partial charge in [0.15, 0.2) is 0 Å². The Morgan fingerprint density at radius 3 is 0.750 bits per heavy atom. The molecule has 0 saturated heterocycles. The van der Waals surface area contributed by atoms with E-state index in [1.54, 1.807) is 0 Å². The van der Waals surface area contributed by atoms with E-state index in [0.29, 0.717) is 0 Å². The summed E-state index contributed by atoms with van der Waals surface area (Å²) in [4.78, 5) is 0. The first-order valence-electron chi connectivity index (χ1n) is 1.73. The molecule has 0 amide bonds. The second kappa shape index (κ2) is 0.658. The summed E-state index contributed by atoms with van der Waals surface area (Å²) in [5.41, 5.74) is 0. The first-order chi connectivity index (χ1) is 3.16. The summed E-state index contributed by atoms with van der Waals surface area (Å²) in [6, 6.07) is 0. The van der Waals surface area contributed by atoms with Gasteiger partial charge in [0, 0.05) is 0 Å². The molecule has 0 fully saturated rings. The molecule has 73 valence electrons. The molecule has 0 aliphatic heterocycles. The predicted octanol–water partition coefficient (Wildman–Crippen LogP) is -1.48. The zero-order valence-electron chi connectivity index (χ0n) is 5.32. The average Bonchev–Trinajstić information content (AvgIpc) is 0.439. The molecule has 0 N–H and O–H groups in total. The summed E-state index contributed by atoms with van der Waals surface area (Å²) in [6.07, 6.45) is 0. The summed E-state index contributed by atoms with van der Waals surface area (Å²) in [5, 5.41) is 0. The van der Waals surface area contributed by atoms with Crippen molar-refractivity contribution in [2.75, 3.05) is 0 Å². The van der Waals surface area contributed by atoms with Gasteiger partial charge in [-0.2, -0.15) is 0 Å². The topological polar surface area (TPSA) is 57.2 Å². The van der Waals surface area contributed by atoms with Crippen LogP contribution in [0.15, 0.2) is 0 Å². The van der Waals surface area contributed by atoms with Gasteiger partial charge in [0.2, 0.25) is 0 Å². The maximum absolute atomic E-state index is 18.7. The summed E-state index contributed by atoms with van der Waals surface area (Å²) < 4.78 is 95.9.